The quantitative estimate of drug-likeness (QED) is 0.128. The molecule has 11 aromatic rings. The number of rotatable bonds is 4. The highest BCUT2D eigenvalue weighted by Crippen LogP contribution is 2.53. The summed E-state index contributed by atoms with van der Waals surface area (Å²) >= 11 is 0. The lowest BCUT2D eigenvalue weighted by Crippen LogP contribution is -2.62. The zero-order chi connectivity index (χ0) is 45.5. The number of anilines is 6. The second-order valence-corrected chi connectivity index (χ2v) is 20.4. The van der Waals surface area contributed by atoms with Gasteiger partial charge in [0.05, 0.1) is 11.4 Å². The van der Waals surface area contributed by atoms with Crippen molar-refractivity contribution in [2.45, 2.75) is 78.1 Å². The van der Waals surface area contributed by atoms with Crippen LogP contribution >= 0.6 is 0 Å². The van der Waals surface area contributed by atoms with E-state index in [1.165, 1.54) is 141 Å². The van der Waals surface area contributed by atoms with Gasteiger partial charge in [0.2, 0.25) is 0 Å². The SMILES string of the molecule is CCc1cc2c(c3c1CCCC3)N(c1cccc3c4ccccc4c4ccccc4c13)c1cccc3c1B2c1cc(CC)c2c(c1N3c1cccc3c4ccccc4c4ccccc4c13)CCCC2. The molecule has 330 valence electrons. The summed E-state index contributed by atoms with van der Waals surface area (Å²) in [5, 5.41) is 15.8. The highest BCUT2D eigenvalue weighted by molar-refractivity contribution is 7.00. The van der Waals surface area contributed by atoms with Crippen LogP contribution in [0, 0.1) is 0 Å². The monoisotopic (exact) mass is 884 g/mol. The lowest BCUT2D eigenvalue weighted by molar-refractivity contribution is 0.679. The van der Waals surface area contributed by atoms with Gasteiger partial charge < -0.3 is 9.80 Å². The minimum atomic E-state index is 0.0869. The molecule has 0 bridgehead atoms. The van der Waals surface area contributed by atoms with Crippen LogP contribution in [0.15, 0.2) is 164 Å². The van der Waals surface area contributed by atoms with Crippen molar-refractivity contribution in [3.8, 4) is 0 Å². The summed E-state index contributed by atoms with van der Waals surface area (Å²) in [7, 11) is 0. The number of hydrogen-bond donors (Lipinski definition) is 0. The number of hydrogen-bond acceptors (Lipinski definition) is 2. The number of benzene rings is 11. The molecule has 3 heteroatoms. The third kappa shape index (κ3) is 5.39. The Morgan fingerprint density at radius 3 is 1.03 bits per heavy atom. The number of aryl methyl sites for hydroxylation is 2. The van der Waals surface area contributed by atoms with E-state index >= 15 is 0 Å². The van der Waals surface area contributed by atoms with Gasteiger partial charge in [0.1, 0.15) is 0 Å². The maximum Gasteiger partial charge on any atom is 0.252 e. The Hall–Kier alpha value is -7.36. The molecule has 0 spiro atoms. The predicted molar refractivity (Wildman–Crippen MR) is 298 cm³/mol. The highest BCUT2D eigenvalue weighted by Gasteiger charge is 2.47. The Balaban J connectivity index is 1.12. The molecule has 2 nitrogen and oxygen atoms in total. The van der Waals surface area contributed by atoms with E-state index in [-0.39, 0.29) is 6.71 Å². The van der Waals surface area contributed by atoms with Gasteiger partial charge in [0, 0.05) is 33.5 Å². The first-order chi connectivity index (χ1) is 34.2. The Kier molecular flexibility index (Phi) is 8.65. The lowest BCUT2D eigenvalue weighted by atomic mass is 9.32. The van der Waals surface area contributed by atoms with Gasteiger partial charge in [0.15, 0.2) is 0 Å². The zero-order valence-corrected chi connectivity index (χ0v) is 39.6. The predicted octanol–water partition coefficient (Wildman–Crippen LogP) is 15.6. The van der Waals surface area contributed by atoms with Gasteiger partial charge in [-0.25, -0.2) is 0 Å². The van der Waals surface area contributed by atoms with E-state index in [0.717, 1.165) is 38.5 Å². The van der Waals surface area contributed by atoms with E-state index in [1.807, 2.05) is 0 Å². The zero-order valence-electron chi connectivity index (χ0n) is 39.6. The first-order valence-electron chi connectivity index (χ1n) is 25.9. The van der Waals surface area contributed by atoms with Gasteiger partial charge in [-0.1, -0.05) is 153 Å². The molecular weight excluding hydrogens is 832 g/mol. The number of fused-ring (bicyclic) bond motifs is 20. The van der Waals surface area contributed by atoms with Crippen molar-refractivity contribution in [3.63, 3.8) is 0 Å². The molecule has 69 heavy (non-hydrogen) atoms. The van der Waals surface area contributed by atoms with E-state index < -0.39 is 0 Å². The van der Waals surface area contributed by atoms with Crippen molar-refractivity contribution in [1.29, 1.82) is 0 Å². The van der Waals surface area contributed by atoms with E-state index in [9.17, 15) is 0 Å². The fourth-order valence-corrected chi connectivity index (χ4v) is 14.4. The first-order valence-corrected chi connectivity index (χ1v) is 25.9. The van der Waals surface area contributed by atoms with Crippen molar-refractivity contribution in [1.82, 2.24) is 0 Å². The molecule has 0 amide bonds. The van der Waals surface area contributed by atoms with Gasteiger partial charge in [0.25, 0.3) is 6.71 Å². The normalized spacial score (nSPS) is 15.0. The maximum atomic E-state index is 2.78. The summed E-state index contributed by atoms with van der Waals surface area (Å²) in [5.41, 5.74) is 21.9. The van der Waals surface area contributed by atoms with Gasteiger partial charge >= 0.3 is 0 Å². The molecule has 2 heterocycles. The molecule has 0 atom stereocenters. The van der Waals surface area contributed by atoms with Crippen LogP contribution in [-0.2, 0) is 38.5 Å². The molecular formula is C66H53BN2. The molecule has 15 rings (SSSR count). The Morgan fingerprint density at radius 1 is 0.348 bits per heavy atom. The van der Waals surface area contributed by atoms with Gasteiger partial charge in [-0.15, -0.1) is 0 Å². The van der Waals surface area contributed by atoms with Crippen LogP contribution in [0.1, 0.15) is 72.9 Å². The van der Waals surface area contributed by atoms with Crippen molar-refractivity contribution in [2.75, 3.05) is 9.80 Å². The maximum absolute atomic E-state index is 2.78. The molecule has 0 radical (unpaired) electrons. The summed E-state index contributed by atoms with van der Waals surface area (Å²) in [6.45, 7) is 4.88. The molecule has 2 aliphatic heterocycles. The molecule has 0 aromatic heterocycles. The van der Waals surface area contributed by atoms with Gasteiger partial charge in [-0.3, -0.25) is 0 Å². The van der Waals surface area contributed by atoms with Crippen LogP contribution in [-0.4, -0.2) is 6.71 Å². The third-order valence-corrected chi connectivity index (χ3v) is 17.1. The fraction of sp³-hybridized carbons (Fsp3) is 0.182. The summed E-state index contributed by atoms with van der Waals surface area (Å²) in [4.78, 5) is 5.57. The lowest BCUT2D eigenvalue weighted by Gasteiger charge is -2.47. The smallest absolute Gasteiger partial charge is 0.252 e. The molecule has 0 unspecified atom stereocenters. The van der Waals surface area contributed by atoms with Gasteiger partial charge in [-0.2, -0.15) is 0 Å². The average Bonchev–Trinajstić information content (AvgIpc) is 3.42. The minimum absolute atomic E-state index is 0.0869. The van der Waals surface area contributed by atoms with Crippen molar-refractivity contribution < 1.29 is 0 Å². The van der Waals surface area contributed by atoms with Crippen LogP contribution in [0.25, 0.3) is 64.6 Å². The Labute approximate surface area is 404 Å². The Bertz CT molecular complexity index is 3680. The summed E-state index contributed by atoms with van der Waals surface area (Å²) in [6, 6.07) is 63.5. The van der Waals surface area contributed by atoms with E-state index in [4.69, 9.17) is 0 Å². The molecule has 2 aliphatic carbocycles. The molecule has 0 saturated carbocycles. The standard InChI is InChI=1S/C66H53BN2/c1-3-40-38-56-65(54-30-15-5-20-42(40)54)68(58-34-17-32-52-48-24-9-7-22-44(48)46-26-11-13-28-50(46)62(52)58)60-36-19-37-61-64(60)67(56)57-39-41(4-2)43-21-6-16-31-55(43)66(57)69(61)59-35-18-33-53-49-25-10-8-23-45(49)47-27-12-14-29-51(47)63(53)59/h7-14,17-19,22-29,32-39H,3-6,15-16,20-21,30-31H2,1-2H3. The largest absolute Gasteiger partial charge is 0.311 e. The van der Waals surface area contributed by atoms with Crippen LogP contribution < -0.4 is 26.2 Å². The fourth-order valence-electron chi connectivity index (χ4n) is 14.4. The summed E-state index contributed by atoms with van der Waals surface area (Å²) in [6.07, 6.45) is 11.6. The van der Waals surface area contributed by atoms with Crippen molar-refractivity contribution >= 4 is 122 Å². The van der Waals surface area contributed by atoms with Gasteiger partial charge in [-0.05, 0) is 192 Å². The summed E-state index contributed by atoms with van der Waals surface area (Å²) < 4.78 is 0. The molecule has 4 aliphatic rings. The Morgan fingerprint density at radius 2 is 0.652 bits per heavy atom. The average molecular weight is 885 g/mol. The van der Waals surface area contributed by atoms with E-state index in [2.05, 4.69) is 187 Å². The highest BCUT2D eigenvalue weighted by atomic mass is 15.2. The molecule has 0 saturated heterocycles. The molecule has 0 N–H and O–H groups in total. The minimum Gasteiger partial charge on any atom is -0.311 e. The topological polar surface area (TPSA) is 6.48 Å². The van der Waals surface area contributed by atoms with Crippen LogP contribution in [0.5, 0.6) is 0 Å². The second-order valence-electron chi connectivity index (χ2n) is 20.4. The van der Waals surface area contributed by atoms with Crippen molar-refractivity contribution in [2.24, 2.45) is 0 Å². The molecule has 0 fully saturated rings. The van der Waals surface area contributed by atoms with Crippen LogP contribution in [0.4, 0.5) is 34.1 Å². The van der Waals surface area contributed by atoms with E-state index in [1.54, 1.807) is 33.4 Å². The van der Waals surface area contributed by atoms with Crippen LogP contribution in [0.3, 0.4) is 0 Å². The van der Waals surface area contributed by atoms with Crippen molar-refractivity contribution in [3.05, 3.63) is 197 Å². The first kappa shape index (κ1) is 39.6. The van der Waals surface area contributed by atoms with E-state index in [0.29, 0.717) is 0 Å². The third-order valence-electron chi connectivity index (χ3n) is 17.1. The molecule has 11 aromatic carbocycles. The summed E-state index contributed by atoms with van der Waals surface area (Å²) in [5.74, 6) is 0. The van der Waals surface area contributed by atoms with Crippen LogP contribution in [0.2, 0.25) is 0 Å². The second kappa shape index (κ2) is 15.1. The number of nitrogens with zero attached hydrogens (tertiary/aromatic N) is 2.